The number of amides is 1. The Hall–Kier alpha value is -3.19. The molecule has 0 aliphatic rings. The largest absolute Gasteiger partial charge is 0.455 e. The fourth-order valence-electron chi connectivity index (χ4n) is 2.54. The van der Waals surface area contributed by atoms with Crippen LogP contribution in [0.1, 0.15) is 15.9 Å². The number of carbonyl (C=O) groups is 2. The number of esters is 1. The molecule has 6 nitrogen and oxygen atoms in total. The summed E-state index contributed by atoms with van der Waals surface area (Å²) in [6.45, 7) is 0.0412. The molecule has 3 aromatic rings. The number of ether oxygens (including phenoxy) is 2. The van der Waals surface area contributed by atoms with Crippen molar-refractivity contribution < 1.29 is 19.1 Å². The van der Waals surface area contributed by atoms with Crippen LogP contribution in [0.25, 0.3) is 0 Å². The Bertz CT molecular complexity index is 995. The molecule has 0 spiro atoms. The second kappa shape index (κ2) is 9.84. The van der Waals surface area contributed by atoms with Gasteiger partial charge in [0, 0.05) is 24.3 Å². The second-order valence-corrected chi connectivity index (χ2v) is 7.06. The summed E-state index contributed by atoms with van der Waals surface area (Å²) in [6.07, 6.45) is 3.17. The fourth-order valence-corrected chi connectivity index (χ4v) is 2.95. The quantitative estimate of drug-likeness (QED) is 0.493. The highest BCUT2D eigenvalue weighted by Crippen LogP contribution is 2.25. The highest BCUT2D eigenvalue weighted by Gasteiger charge is 2.18. The SMILES string of the molecule is CN(Cc1ccccc1Br)C(=O)COC(=O)c1ccccc1Oc1cccnc1. The number of nitrogens with zero attached hydrogens (tertiary/aromatic N) is 2. The minimum absolute atomic E-state index is 0.234. The molecule has 0 bridgehead atoms. The van der Waals surface area contributed by atoms with Crippen molar-refractivity contribution in [2.75, 3.05) is 13.7 Å². The van der Waals surface area contributed by atoms with Gasteiger partial charge in [-0.05, 0) is 35.9 Å². The average molecular weight is 455 g/mol. The van der Waals surface area contributed by atoms with Crippen LogP contribution in [0, 0.1) is 0 Å². The van der Waals surface area contributed by atoms with Crippen LogP contribution in [-0.2, 0) is 16.1 Å². The molecule has 1 amide bonds. The minimum atomic E-state index is -0.632. The number of hydrogen-bond acceptors (Lipinski definition) is 5. The summed E-state index contributed by atoms with van der Waals surface area (Å²) in [7, 11) is 1.66. The van der Waals surface area contributed by atoms with Crippen molar-refractivity contribution in [3.05, 3.63) is 88.7 Å². The van der Waals surface area contributed by atoms with Gasteiger partial charge in [-0.3, -0.25) is 9.78 Å². The monoisotopic (exact) mass is 454 g/mol. The number of para-hydroxylation sites is 1. The molecule has 0 radical (unpaired) electrons. The van der Waals surface area contributed by atoms with Crippen LogP contribution < -0.4 is 4.74 Å². The van der Waals surface area contributed by atoms with Gasteiger partial charge in [-0.1, -0.05) is 46.3 Å². The number of pyridine rings is 1. The van der Waals surface area contributed by atoms with Crippen molar-refractivity contribution >= 4 is 27.8 Å². The molecule has 3 rings (SSSR count). The second-order valence-electron chi connectivity index (χ2n) is 6.20. The maximum Gasteiger partial charge on any atom is 0.342 e. The average Bonchev–Trinajstić information content (AvgIpc) is 2.74. The zero-order chi connectivity index (χ0) is 20.6. The van der Waals surface area contributed by atoms with E-state index in [1.54, 1.807) is 55.8 Å². The minimum Gasteiger partial charge on any atom is -0.455 e. The molecule has 0 atom stereocenters. The van der Waals surface area contributed by atoms with Crippen LogP contribution in [0.5, 0.6) is 11.5 Å². The molecular formula is C22H19BrN2O4. The van der Waals surface area contributed by atoms with Crippen LogP contribution in [0.4, 0.5) is 0 Å². The van der Waals surface area contributed by atoms with E-state index in [2.05, 4.69) is 20.9 Å². The molecule has 0 fully saturated rings. The Morgan fingerprint density at radius 3 is 2.55 bits per heavy atom. The lowest BCUT2D eigenvalue weighted by Crippen LogP contribution is -2.31. The van der Waals surface area contributed by atoms with Crippen molar-refractivity contribution in [2.45, 2.75) is 6.54 Å². The van der Waals surface area contributed by atoms with Gasteiger partial charge in [0.2, 0.25) is 0 Å². The molecule has 1 heterocycles. The first-order valence-corrected chi connectivity index (χ1v) is 9.65. The van der Waals surface area contributed by atoms with E-state index in [1.165, 1.54) is 4.90 Å². The zero-order valence-corrected chi connectivity index (χ0v) is 17.3. The fraction of sp³-hybridized carbons (Fsp3) is 0.136. The van der Waals surface area contributed by atoms with Gasteiger partial charge in [0.05, 0.1) is 6.20 Å². The van der Waals surface area contributed by atoms with E-state index in [0.717, 1.165) is 10.0 Å². The number of benzene rings is 2. The van der Waals surface area contributed by atoms with Crippen molar-refractivity contribution in [2.24, 2.45) is 0 Å². The maximum absolute atomic E-state index is 12.5. The molecular weight excluding hydrogens is 436 g/mol. The van der Waals surface area contributed by atoms with Crippen LogP contribution in [0.3, 0.4) is 0 Å². The molecule has 148 valence electrons. The third kappa shape index (κ3) is 5.65. The van der Waals surface area contributed by atoms with Crippen molar-refractivity contribution in [1.29, 1.82) is 0 Å². The molecule has 2 aromatic carbocycles. The molecule has 0 unspecified atom stereocenters. The number of carbonyl (C=O) groups excluding carboxylic acids is 2. The molecule has 29 heavy (non-hydrogen) atoms. The van der Waals surface area contributed by atoms with Gasteiger partial charge in [0.1, 0.15) is 17.1 Å². The van der Waals surface area contributed by atoms with Gasteiger partial charge in [0.25, 0.3) is 5.91 Å². The lowest BCUT2D eigenvalue weighted by Gasteiger charge is -2.18. The van der Waals surface area contributed by atoms with Crippen LogP contribution in [0.15, 0.2) is 77.5 Å². The normalized spacial score (nSPS) is 10.3. The molecule has 0 saturated heterocycles. The van der Waals surface area contributed by atoms with Crippen molar-refractivity contribution in [3.63, 3.8) is 0 Å². The zero-order valence-electron chi connectivity index (χ0n) is 15.7. The smallest absolute Gasteiger partial charge is 0.342 e. The first-order valence-electron chi connectivity index (χ1n) is 8.86. The van der Waals surface area contributed by atoms with E-state index in [-0.39, 0.29) is 18.1 Å². The molecule has 1 aromatic heterocycles. The van der Waals surface area contributed by atoms with Crippen LogP contribution >= 0.6 is 15.9 Å². The first kappa shape index (κ1) is 20.5. The summed E-state index contributed by atoms with van der Waals surface area (Å²) in [5, 5.41) is 0. The van der Waals surface area contributed by atoms with Gasteiger partial charge in [0.15, 0.2) is 6.61 Å². The van der Waals surface area contributed by atoms with Crippen molar-refractivity contribution in [1.82, 2.24) is 9.88 Å². The predicted octanol–water partition coefficient (Wildman–Crippen LogP) is 4.45. The lowest BCUT2D eigenvalue weighted by molar-refractivity contribution is -0.133. The van der Waals surface area contributed by atoms with Gasteiger partial charge >= 0.3 is 5.97 Å². The van der Waals surface area contributed by atoms with E-state index in [0.29, 0.717) is 18.0 Å². The van der Waals surface area contributed by atoms with Gasteiger partial charge in [-0.15, -0.1) is 0 Å². The number of likely N-dealkylation sites (N-methyl/N-ethyl adjacent to an activating group) is 1. The van der Waals surface area contributed by atoms with Crippen molar-refractivity contribution in [3.8, 4) is 11.5 Å². The molecule has 7 heteroatoms. The van der Waals surface area contributed by atoms with Crippen LogP contribution in [0.2, 0.25) is 0 Å². The van der Waals surface area contributed by atoms with Gasteiger partial charge in [-0.2, -0.15) is 0 Å². The number of rotatable bonds is 7. The summed E-state index contributed by atoms with van der Waals surface area (Å²) >= 11 is 3.46. The Kier molecular flexibility index (Phi) is 6.97. The summed E-state index contributed by atoms with van der Waals surface area (Å²) < 4.78 is 11.8. The van der Waals surface area contributed by atoms with E-state index >= 15 is 0 Å². The van der Waals surface area contributed by atoms with Crippen LogP contribution in [-0.4, -0.2) is 35.4 Å². The van der Waals surface area contributed by atoms with Gasteiger partial charge < -0.3 is 14.4 Å². The topological polar surface area (TPSA) is 68.7 Å². The Morgan fingerprint density at radius 1 is 1.03 bits per heavy atom. The highest BCUT2D eigenvalue weighted by molar-refractivity contribution is 9.10. The number of halogens is 1. The molecule has 0 N–H and O–H groups in total. The van der Waals surface area contributed by atoms with E-state index in [4.69, 9.17) is 9.47 Å². The standard InChI is InChI=1S/C22H19BrN2O4/c1-25(14-16-7-2-4-10-19(16)23)21(26)15-28-22(27)18-9-3-5-11-20(18)29-17-8-6-12-24-13-17/h2-13H,14-15H2,1H3. The summed E-state index contributed by atoms with van der Waals surface area (Å²) in [6, 6.07) is 17.8. The maximum atomic E-state index is 12.5. The Labute approximate surface area is 177 Å². The van der Waals surface area contributed by atoms with E-state index in [9.17, 15) is 9.59 Å². The summed E-state index contributed by atoms with van der Waals surface area (Å²) in [5.74, 6) is -0.108. The molecule has 0 saturated carbocycles. The predicted molar refractivity (Wildman–Crippen MR) is 112 cm³/mol. The third-order valence-electron chi connectivity index (χ3n) is 4.09. The number of aromatic nitrogens is 1. The highest BCUT2D eigenvalue weighted by atomic mass is 79.9. The van der Waals surface area contributed by atoms with E-state index < -0.39 is 5.97 Å². The lowest BCUT2D eigenvalue weighted by atomic mass is 10.2. The van der Waals surface area contributed by atoms with Gasteiger partial charge in [-0.25, -0.2) is 4.79 Å². The number of hydrogen-bond donors (Lipinski definition) is 0. The third-order valence-corrected chi connectivity index (χ3v) is 4.86. The first-order chi connectivity index (χ1) is 14.0. The molecule has 0 aliphatic carbocycles. The Morgan fingerprint density at radius 2 is 1.79 bits per heavy atom. The Balaban J connectivity index is 1.60. The summed E-state index contributed by atoms with van der Waals surface area (Å²) in [5.41, 5.74) is 1.20. The molecule has 0 aliphatic heterocycles. The summed E-state index contributed by atoms with van der Waals surface area (Å²) in [4.78, 5) is 30.3. The van der Waals surface area contributed by atoms with E-state index in [1.807, 2.05) is 24.3 Å².